The van der Waals surface area contributed by atoms with Gasteiger partial charge in [-0.1, -0.05) is 42.5 Å². The molecule has 0 unspecified atom stereocenters. The van der Waals surface area contributed by atoms with Gasteiger partial charge in [0, 0.05) is 12.1 Å². The minimum atomic E-state index is -4.38. The zero-order valence-corrected chi connectivity index (χ0v) is 13.4. The van der Waals surface area contributed by atoms with Crippen LogP contribution >= 0.6 is 0 Å². The minimum absolute atomic E-state index is 0.108. The molecule has 0 spiro atoms. The number of carbonyl (C=O) groups is 1. The van der Waals surface area contributed by atoms with Gasteiger partial charge in [0.25, 0.3) is 0 Å². The molecule has 1 heterocycles. The van der Waals surface area contributed by atoms with Gasteiger partial charge in [0.05, 0.1) is 5.56 Å². The normalized spacial score (nSPS) is 11.3. The SMILES string of the molecule is O=C(Cn1nnc(-c2ccccc2)n1)NCc1ccc(C(F)(F)F)cc1. The molecule has 0 aliphatic rings. The lowest BCUT2D eigenvalue weighted by Gasteiger charge is -2.08. The Balaban J connectivity index is 1.54. The summed E-state index contributed by atoms with van der Waals surface area (Å²) in [5, 5.41) is 14.4. The van der Waals surface area contributed by atoms with Crippen molar-refractivity contribution in [1.29, 1.82) is 0 Å². The van der Waals surface area contributed by atoms with Gasteiger partial charge in [-0.3, -0.25) is 4.79 Å². The topological polar surface area (TPSA) is 72.7 Å². The van der Waals surface area contributed by atoms with Crippen LogP contribution in [0.2, 0.25) is 0 Å². The third-order valence-electron chi connectivity index (χ3n) is 3.54. The lowest BCUT2D eigenvalue weighted by molar-refractivity contribution is -0.137. The second-order valence-corrected chi connectivity index (χ2v) is 5.48. The highest BCUT2D eigenvalue weighted by Gasteiger charge is 2.29. The van der Waals surface area contributed by atoms with Gasteiger partial charge in [0.1, 0.15) is 6.54 Å². The molecule has 134 valence electrons. The number of rotatable bonds is 5. The summed E-state index contributed by atoms with van der Waals surface area (Å²) in [5.41, 5.74) is 0.611. The fraction of sp³-hybridized carbons (Fsp3) is 0.176. The number of nitrogens with zero attached hydrogens (tertiary/aromatic N) is 4. The average molecular weight is 361 g/mol. The van der Waals surface area contributed by atoms with E-state index in [4.69, 9.17) is 0 Å². The Morgan fingerprint density at radius 3 is 2.38 bits per heavy atom. The summed E-state index contributed by atoms with van der Waals surface area (Å²) in [7, 11) is 0. The monoisotopic (exact) mass is 361 g/mol. The zero-order valence-electron chi connectivity index (χ0n) is 13.4. The molecule has 1 N–H and O–H groups in total. The molecule has 6 nitrogen and oxygen atoms in total. The fourth-order valence-electron chi connectivity index (χ4n) is 2.21. The van der Waals surface area contributed by atoms with E-state index in [9.17, 15) is 18.0 Å². The molecule has 26 heavy (non-hydrogen) atoms. The Morgan fingerprint density at radius 1 is 1.04 bits per heavy atom. The molecule has 0 fully saturated rings. The van der Waals surface area contributed by atoms with E-state index in [-0.39, 0.29) is 19.0 Å². The number of carbonyl (C=O) groups excluding carboxylic acids is 1. The number of halogens is 3. The Hall–Kier alpha value is -3.23. The molecular weight excluding hydrogens is 347 g/mol. The van der Waals surface area contributed by atoms with E-state index in [1.54, 1.807) is 0 Å². The van der Waals surface area contributed by atoms with Crippen LogP contribution in [0.3, 0.4) is 0 Å². The number of hydrogen-bond acceptors (Lipinski definition) is 4. The van der Waals surface area contributed by atoms with Crippen LogP contribution < -0.4 is 5.32 Å². The Kier molecular flexibility index (Phi) is 4.97. The Labute approximate surface area is 146 Å². The molecule has 0 aliphatic heterocycles. The van der Waals surface area contributed by atoms with Gasteiger partial charge < -0.3 is 5.32 Å². The number of tetrazole rings is 1. The lowest BCUT2D eigenvalue weighted by atomic mass is 10.1. The second kappa shape index (κ2) is 7.34. The Bertz CT molecular complexity index is 875. The third kappa shape index (κ3) is 4.44. The van der Waals surface area contributed by atoms with E-state index < -0.39 is 11.7 Å². The van der Waals surface area contributed by atoms with Gasteiger partial charge in [-0.25, -0.2) is 0 Å². The summed E-state index contributed by atoms with van der Waals surface area (Å²) in [5.74, 6) is 0.0306. The van der Waals surface area contributed by atoms with Crippen molar-refractivity contribution in [2.24, 2.45) is 0 Å². The molecule has 0 saturated carbocycles. The summed E-state index contributed by atoms with van der Waals surface area (Å²) in [6, 6.07) is 13.8. The first-order valence-electron chi connectivity index (χ1n) is 7.68. The molecular formula is C17H14F3N5O. The number of hydrogen-bond donors (Lipinski definition) is 1. The van der Waals surface area contributed by atoms with Crippen molar-refractivity contribution in [3.63, 3.8) is 0 Å². The summed E-state index contributed by atoms with van der Waals surface area (Å²) in [6.45, 7) is -0.0301. The van der Waals surface area contributed by atoms with Gasteiger partial charge in [0.2, 0.25) is 11.7 Å². The van der Waals surface area contributed by atoms with E-state index >= 15 is 0 Å². The van der Waals surface area contributed by atoms with Crippen molar-refractivity contribution in [3.8, 4) is 11.4 Å². The van der Waals surface area contributed by atoms with Crippen LogP contribution in [0.1, 0.15) is 11.1 Å². The van der Waals surface area contributed by atoms with E-state index in [1.807, 2.05) is 30.3 Å². The maximum atomic E-state index is 12.5. The first kappa shape index (κ1) is 17.6. The number of alkyl halides is 3. The molecule has 1 aromatic heterocycles. The molecule has 0 aliphatic carbocycles. The Morgan fingerprint density at radius 2 is 1.73 bits per heavy atom. The molecule has 3 aromatic rings. The quantitative estimate of drug-likeness (QED) is 0.758. The summed E-state index contributed by atoms with van der Waals surface area (Å²) in [4.78, 5) is 13.1. The van der Waals surface area contributed by atoms with Gasteiger partial charge >= 0.3 is 6.18 Å². The first-order chi connectivity index (χ1) is 12.4. The molecule has 0 bridgehead atoms. The zero-order chi connectivity index (χ0) is 18.6. The summed E-state index contributed by atoms with van der Waals surface area (Å²) < 4.78 is 37.5. The average Bonchev–Trinajstić information content (AvgIpc) is 3.09. The molecule has 0 atom stereocenters. The van der Waals surface area contributed by atoms with Crippen molar-refractivity contribution in [2.45, 2.75) is 19.3 Å². The predicted molar refractivity (Wildman–Crippen MR) is 86.5 cm³/mol. The van der Waals surface area contributed by atoms with Crippen molar-refractivity contribution in [1.82, 2.24) is 25.5 Å². The van der Waals surface area contributed by atoms with Gasteiger partial charge in [0.15, 0.2) is 0 Å². The van der Waals surface area contributed by atoms with Gasteiger partial charge in [-0.2, -0.15) is 18.0 Å². The predicted octanol–water partition coefficient (Wildman–Crippen LogP) is 2.68. The summed E-state index contributed by atoms with van der Waals surface area (Å²) >= 11 is 0. The van der Waals surface area contributed by atoms with Gasteiger partial charge in [-0.15, -0.1) is 10.2 Å². The highest BCUT2D eigenvalue weighted by Crippen LogP contribution is 2.29. The number of benzene rings is 2. The van der Waals surface area contributed by atoms with Crippen LogP contribution in [0, 0.1) is 0 Å². The van der Waals surface area contributed by atoms with E-state index in [1.165, 1.54) is 12.1 Å². The van der Waals surface area contributed by atoms with E-state index in [2.05, 4.69) is 20.7 Å². The smallest absolute Gasteiger partial charge is 0.350 e. The second-order valence-electron chi connectivity index (χ2n) is 5.48. The van der Waals surface area contributed by atoms with Crippen LogP contribution in [0.25, 0.3) is 11.4 Å². The molecule has 9 heteroatoms. The van der Waals surface area contributed by atoms with Crippen molar-refractivity contribution in [3.05, 3.63) is 65.7 Å². The molecule has 0 saturated heterocycles. The van der Waals surface area contributed by atoms with Crippen LogP contribution in [0.15, 0.2) is 54.6 Å². The van der Waals surface area contributed by atoms with Crippen LogP contribution in [0.4, 0.5) is 13.2 Å². The van der Waals surface area contributed by atoms with Crippen molar-refractivity contribution >= 4 is 5.91 Å². The summed E-state index contributed by atoms with van der Waals surface area (Å²) in [6.07, 6.45) is -4.38. The van der Waals surface area contributed by atoms with Crippen molar-refractivity contribution < 1.29 is 18.0 Å². The maximum Gasteiger partial charge on any atom is 0.416 e. The maximum absolute atomic E-state index is 12.5. The molecule has 2 aromatic carbocycles. The van der Waals surface area contributed by atoms with Crippen LogP contribution in [0.5, 0.6) is 0 Å². The van der Waals surface area contributed by atoms with Crippen LogP contribution in [-0.2, 0) is 24.1 Å². The third-order valence-corrected chi connectivity index (χ3v) is 3.54. The number of amides is 1. The lowest BCUT2D eigenvalue weighted by Crippen LogP contribution is -2.28. The first-order valence-corrected chi connectivity index (χ1v) is 7.68. The minimum Gasteiger partial charge on any atom is -0.350 e. The molecule has 3 rings (SSSR count). The highest BCUT2D eigenvalue weighted by molar-refractivity contribution is 5.75. The van der Waals surface area contributed by atoms with Crippen molar-refractivity contribution in [2.75, 3.05) is 0 Å². The molecule has 0 radical (unpaired) electrons. The highest BCUT2D eigenvalue weighted by atomic mass is 19.4. The van der Waals surface area contributed by atoms with E-state index in [0.29, 0.717) is 11.4 Å². The number of nitrogens with one attached hydrogen (secondary N) is 1. The standard InChI is InChI=1S/C17H14F3N5O/c18-17(19,20)14-8-6-12(7-9-14)10-21-15(26)11-25-23-16(22-24-25)13-4-2-1-3-5-13/h1-9H,10-11H2,(H,21,26). The van der Waals surface area contributed by atoms with E-state index in [0.717, 1.165) is 22.5 Å². The van der Waals surface area contributed by atoms with Crippen LogP contribution in [-0.4, -0.2) is 26.1 Å². The number of aromatic nitrogens is 4. The van der Waals surface area contributed by atoms with Gasteiger partial charge in [-0.05, 0) is 22.9 Å². The fourth-order valence-corrected chi connectivity index (χ4v) is 2.21. The molecule has 1 amide bonds. The largest absolute Gasteiger partial charge is 0.416 e.